The van der Waals surface area contributed by atoms with Crippen molar-refractivity contribution in [2.75, 3.05) is 20.3 Å². The van der Waals surface area contributed by atoms with Crippen molar-refractivity contribution in [3.63, 3.8) is 0 Å². The van der Waals surface area contributed by atoms with E-state index in [1.165, 1.54) is 0 Å². The fourth-order valence-corrected chi connectivity index (χ4v) is 5.53. The molecule has 2 aromatic carbocycles. The van der Waals surface area contributed by atoms with E-state index in [0.29, 0.717) is 45.1 Å². The molecule has 0 radical (unpaired) electrons. The third-order valence-electron chi connectivity index (χ3n) is 7.71. The first-order chi connectivity index (χ1) is 18.4. The topological polar surface area (TPSA) is 134 Å². The van der Waals surface area contributed by atoms with Gasteiger partial charge in [-0.2, -0.15) is 0 Å². The first kappa shape index (κ1) is 27.6. The summed E-state index contributed by atoms with van der Waals surface area (Å²) in [6, 6.07) is 14.7. The second-order valence-corrected chi connectivity index (χ2v) is 10.2. The number of nitrogens with two attached hydrogens (primary N) is 1. The van der Waals surface area contributed by atoms with Gasteiger partial charge in [0.1, 0.15) is 17.8 Å². The van der Waals surface area contributed by atoms with Gasteiger partial charge < -0.3 is 31.1 Å². The molecular formula is C29H38N4O5. The number of hydrogen-bond donors (Lipinski definition) is 4. The van der Waals surface area contributed by atoms with Gasteiger partial charge in [0.05, 0.1) is 13.2 Å². The number of nitrogens with one attached hydrogen (secondary N) is 2. The van der Waals surface area contributed by atoms with Crippen LogP contribution in [0.4, 0.5) is 0 Å². The average molecular weight is 523 g/mol. The van der Waals surface area contributed by atoms with E-state index in [-0.39, 0.29) is 24.5 Å². The molecule has 0 bridgehead atoms. The third-order valence-corrected chi connectivity index (χ3v) is 7.71. The second kappa shape index (κ2) is 12.9. The minimum absolute atomic E-state index is 0.0891. The Morgan fingerprint density at radius 3 is 2.45 bits per heavy atom. The molecule has 0 aromatic heterocycles. The summed E-state index contributed by atoms with van der Waals surface area (Å²) < 4.78 is 5.18. The summed E-state index contributed by atoms with van der Waals surface area (Å²) >= 11 is 0. The van der Waals surface area contributed by atoms with E-state index in [0.717, 1.165) is 16.9 Å². The van der Waals surface area contributed by atoms with Crippen LogP contribution in [0.15, 0.2) is 54.6 Å². The Hall–Kier alpha value is -3.43. The number of hydrogen-bond acceptors (Lipinski definition) is 6. The summed E-state index contributed by atoms with van der Waals surface area (Å²) in [7, 11) is 1.62. The molecule has 204 valence electrons. The van der Waals surface area contributed by atoms with Crippen molar-refractivity contribution in [2.24, 2.45) is 11.7 Å². The summed E-state index contributed by atoms with van der Waals surface area (Å²) in [6.07, 6.45) is 3.54. The van der Waals surface area contributed by atoms with E-state index in [4.69, 9.17) is 10.5 Å². The molecule has 0 spiro atoms. The fourth-order valence-electron chi connectivity index (χ4n) is 5.53. The smallest absolute Gasteiger partial charge is 0.246 e. The van der Waals surface area contributed by atoms with Crippen molar-refractivity contribution in [1.82, 2.24) is 15.5 Å². The number of methoxy groups -OCH3 is 1. The zero-order valence-electron chi connectivity index (χ0n) is 21.8. The molecule has 5 unspecified atom stereocenters. The number of amides is 3. The Morgan fingerprint density at radius 1 is 1.05 bits per heavy atom. The van der Waals surface area contributed by atoms with E-state index >= 15 is 0 Å². The van der Waals surface area contributed by atoms with Crippen molar-refractivity contribution in [1.29, 1.82) is 0 Å². The number of ether oxygens (including phenoxy) is 1. The number of fused-ring (bicyclic) bond motifs is 1. The van der Waals surface area contributed by atoms with Gasteiger partial charge in [0.25, 0.3) is 0 Å². The average Bonchev–Trinajstić information content (AvgIpc) is 3.32. The van der Waals surface area contributed by atoms with Crippen LogP contribution in [0, 0.1) is 5.92 Å². The number of carbonyl (C=O) groups is 3. The monoisotopic (exact) mass is 522 g/mol. The molecule has 38 heavy (non-hydrogen) atoms. The van der Waals surface area contributed by atoms with E-state index in [1.807, 2.05) is 54.6 Å². The highest BCUT2D eigenvalue weighted by Gasteiger charge is 2.47. The Bertz CT molecular complexity index is 1090. The molecule has 0 saturated carbocycles. The standard InChI is InChI=1S/C29H38N4O5/c1-38-23-12-7-19(8-13-23)15-16-31-28(36)25-14-11-22-10-9-21(18-34)26(29(37)33(22)25)32-27(35)24(30)17-20-5-3-2-4-6-20/h2-8,12-13,21-22,24-26,34H,9-11,14-18,30H2,1H3,(H,31,36)(H,32,35). The normalized spacial score (nSPS) is 23.8. The maximum atomic E-state index is 13.8. The van der Waals surface area contributed by atoms with Gasteiger partial charge in [-0.25, -0.2) is 0 Å². The number of aliphatic hydroxyl groups excluding tert-OH is 1. The number of carbonyl (C=O) groups excluding carboxylic acids is 3. The number of nitrogens with zero attached hydrogens (tertiary/aromatic N) is 1. The molecule has 4 rings (SSSR count). The van der Waals surface area contributed by atoms with Gasteiger partial charge in [0, 0.05) is 25.1 Å². The zero-order valence-corrected chi connectivity index (χ0v) is 21.8. The Morgan fingerprint density at radius 2 is 1.76 bits per heavy atom. The van der Waals surface area contributed by atoms with Crippen LogP contribution < -0.4 is 21.1 Å². The van der Waals surface area contributed by atoms with E-state index in [1.54, 1.807) is 12.0 Å². The van der Waals surface area contributed by atoms with Crippen LogP contribution in [0.1, 0.15) is 36.8 Å². The molecule has 9 heteroatoms. The lowest BCUT2D eigenvalue weighted by Gasteiger charge is -2.32. The molecule has 3 amide bonds. The molecule has 0 aliphatic carbocycles. The predicted octanol–water partition coefficient (Wildman–Crippen LogP) is 1.17. The van der Waals surface area contributed by atoms with Crippen LogP contribution in [-0.4, -0.2) is 72.2 Å². The molecule has 9 nitrogen and oxygen atoms in total. The number of aliphatic hydroxyl groups is 1. The van der Waals surface area contributed by atoms with Gasteiger partial charge in [0.2, 0.25) is 17.7 Å². The van der Waals surface area contributed by atoms with Crippen LogP contribution >= 0.6 is 0 Å². The molecule has 2 aliphatic rings. The SMILES string of the molecule is COc1ccc(CCNC(=O)C2CCC3CCC(CO)C(NC(=O)C(N)Cc4ccccc4)C(=O)N32)cc1. The van der Waals surface area contributed by atoms with Gasteiger partial charge in [-0.1, -0.05) is 42.5 Å². The second-order valence-electron chi connectivity index (χ2n) is 10.2. The van der Waals surface area contributed by atoms with E-state index in [9.17, 15) is 19.5 Å². The van der Waals surface area contributed by atoms with Crippen molar-refractivity contribution < 1.29 is 24.2 Å². The van der Waals surface area contributed by atoms with Gasteiger partial charge in [0.15, 0.2) is 0 Å². The van der Waals surface area contributed by atoms with Crippen molar-refractivity contribution in [2.45, 2.75) is 62.7 Å². The van der Waals surface area contributed by atoms with E-state index in [2.05, 4.69) is 10.6 Å². The van der Waals surface area contributed by atoms with Gasteiger partial charge in [-0.15, -0.1) is 0 Å². The Labute approximate surface area is 223 Å². The molecule has 2 aromatic rings. The first-order valence-electron chi connectivity index (χ1n) is 13.3. The maximum absolute atomic E-state index is 13.8. The molecule has 2 fully saturated rings. The van der Waals surface area contributed by atoms with Crippen LogP contribution in [-0.2, 0) is 27.2 Å². The lowest BCUT2D eigenvalue weighted by Crippen LogP contribution is -2.58. The van der Waals surface area contributed by atoms with Crippen LogP contribution in [0.5, 0.6) is 5.75 Å². The highest BCUT2D eigenvalue weighted by atomic mass is 16.5. The largest absolute Gasteiger partial charge is 0.497 e. The lowest BCUT2D eigenvalue weighted by atomic mass is 9.93. The summed E-state index contributed by atoms with van der Waals surface area (Å²) in [5.41, 5.74) is 8.16. The van der Waals surface area contributed by atoms with Gasteiger partial charge >= 0.3 is 0 Å². The van der Waals surface area contributed by atoms with Gasteiger partial charge in [-0.05, 0) is 61.8 Å². The summed E-state index contributed by atoms with van der Waals surface area (Å²) in [4.78, 5) is 41.5. The van der Waals surface area contributed by atoms with Crippen LogP contribution in [0.2, 0.25) is 0 Å². The highest BCUT2D eigenvalue weighted by Crippen LogP contribution is 2.34. The summed E-state index contributed by atoms with van der Waals surface area (Å²) in [6.45, 7) is 0.214. The number of rotatable bonds is 10. The third kappa shape index (κ3) is 6.52. The van der Waals surface area contributed by atoms with Crippen molar-refractivity contribution >= 4 is 17.7 Å². The Balaban J connectivity index is 1.39. The quantitative estimate of drug-likeness (QED) is 0.370. The summed E-state index contributed by atoms with van der Waals surface area (Å²) in [5, 5.41) is 15.8. The van der Waals surface area contributed by atoms with Crippen molar-refractivity contribution in [3.05, 3.63) is 65.7 Å². The molecule has 2 aliphatic heterocycles. The number of benzene rings is 2. The first-order valence-corrected chi connectivity index (χ1v) is 13.3. The highest BCUT2D eigenvalue weighted by molar-refractivity contribution is 5.94. The maximum Gasteiger partial charge on any atom is 0.246 e. The minimum atomic E-state index is -0.924. The fraction of sp³-hybridized carbons (Fsp3) is 0.483. The predicted molar refractivity (Wildman–Crippen MR) is 143 cm³/mol. The molecule has 2 saturated heterocycles. The molecule has 5 atom stereocenters. The minimum Gasteiger partial charge on any atom is -0.497 e. The van der Waals surface area contributed by atoms with Crippen molar-refractivity contribution in [3.8, 4) is 5.75 Å². The van der Waals surface area contributed by atoms with Crippen LogP contribution in [0.3, 0.4) is 0 Å². The zero-order chi connectivity index (χ0) is 27.1. The van der Waals surface area contributed by atoms with Gasteiger partial charge in [-0.3, -0.25) is 14.4 Å². The molecule has 2 heterocycles. The molecular weight excluding hydrogens is 484 g/mol. The van der Waals surface area contributed by atoms with E-state index < -0.39 is 30.0 Å². The Kier molecular flexibility index (Phi) is 9.36. The molecule has 5 N–H and O–H groups in total. The van der Waals surface area contributed by atoms with Crippen LogP contribution in [0.25, 0.3) is 0 Å². The lowest BCUT2D eigenvalue weighted by molar-refractivity contribution is -0.143. The summed E-state index contributed by atoms with van der Waals surface area (Å²) in [5.74, 6) is -0.607.